The van der Waals surface area contributed by atoms with E-state index in [1.165, 1.54) is 0 Å². The fourth-order valence-corrected chi connectivity index (χ4v) is 1.39. The van der Waals surface area contributed by atoms with Crippen LogP contribution in [0.1, 0.15) is 6.42 Å². The summed E-state index contributed by atoms with van der Waals surface area (Å²) in [6, 6.07) is -2.83. The standard InChI is InChI=1S/C11H19N5O7/c12-2-8(19)15-5(1-7(13)18)10(21)14-3-9(20)16-6(4-17)11(22)23/h5-6,17H,1-4,12H2,(H2,13,18)(H,14,21)(H,15,19)(H,16,20)(H,22,23). The fraction of sp³-hybridized carbons (Fsp3) is 0.545. The molecular weight excluding hydrogens is 314 g/mol. The van der Waals surface area contributed by atoms with Crippen molar-refractivity contribution >= 4 is 29.6 Å². The molecule has 23 heavy (non-hydrogen) atoms. The van der Waals surface area contributed by atoms with Gasteiger partial charge in [0.1, 0.15) is 12.1 Å². The molecule has 2 unspecified atom stereocenters. The topological polar surface area (TPSA) is 214 Å². The monoisotopic (exact) mass is 333 g/mol. The molecule has 0 aliphatic heterocycles. The summed E-state index contributed by atoms with van der Waals surface area (Å²) in [6.45, 7) is -1.87. The maximum atomic E-state index is 11.8. The van der Waals surface area contributed by atoms with Gasteiger partial charge in [0.25, 0.3) is 0 Å². The Balaban J connectivity index is 4.55. The maximum Gasteiger partial charge on any atom is 0.328 e. The first-order valence-corrected chi connectivity index (χ1v) is 6.39. The van der Waals surface area contributed by atoms with E-state index in [1.807, 2.05) is 5.32 Å². The lowest BCUT2D eigenvalue weighted by atomic mass is 10.2. The van der Waals surface area contributed by atoms with Crippen LogP contribution in [0.3, 0.4) is 0 Å². The molecule has 0 fully saturated rings. The molecule has 2 atom stereocenters. The third-order valence-electron chi connectivity index (χ3n) is 2.48. The van der Waals surface area contributed by atoms with Crippen LogP contribution in [0.5, 0.6) is 0 Å². The summed E-state index contributed by atoms with van der Waals surface area (Å²) in [5.41, 5.74) is 10.0. The molecule has 0 radical (unpaired) electrons. The Morgan fingerprint density at radius 1 is 1.00 bits per heavy atom. The highest BCUT2D eigenvalue weighted by atomic mass is 16.4. The van der Waals surface area contributed by atoms with Crippen molar-refractivity contribution in [3.05, 3.63) is 0 Å². The number of amides is 4. The quantitative estimate of drug-likeness (QED) is 0.205. The first-order valence-electron chi connectivity index (χ1n) is 6.39. The van der Waals surface area contributed by atoms with Crippen molar-refractivity contribution in [2.45, 2.75) is 18.5 Å². The van der Waals surface area contributed by atoms with Gasteiger partial charge in [-0.25, -0.2) is 4.79 Å². The number of hydrogen-bond acceptors (Lipinski definition) is 7. The molecule has 130 valence electrons. The molecule has 0 aromatic rings. The van der Waals surface area contributed by atoms with Crippen molar-refractivity contribution in [3.63, 3.8) is 0 Å². The van der Waals surface area contributed by atoms with Gasteiger partial charge in [-0.3, -0.25) is 19.2 Å². The fourth-order valence-electron chi connectivity index (χ4n) is 1.39. The molecule has 0 heterocycles. The molecule has 0 aliphatic rings. The van der Waals surface area contributed by atoms with E-state index < -0.39 is 67.8 Å². The van der Waals surface area contributed by atoms with E-state index >= 15 is 0 Å². The van der Waals surface area contributed by atoms with E-state index in [9.17, 15) is 24.0 Å². The van der Waals surface area contributed by atoms with Gasteiger partial charge >= 0.3 is 5.97 Å². The average Bonchev–Trinajstić information content (AvgIpc) is 2.48. The molecule has 4 amide bonds. The minimum Gasteiger partial charge on any atom is -0.480 e. The number of nitrogens with two attached hydrogens (primary N) is 2. The van der Waals surface area contributed by atoms with E-state index in [1.54, 1.807) is 0 Å². The molecular formula is C11H19N5O7. The van der Waals surface area contributed by atoms with Crippen LogP contribution in [0.25, 0.3) is 0 Å². The number of primary amides is 1. The number of aliphatic hydroxyl groups is 1. The van der Waals surface area contributed by atoms with Gasteiger partial charge in [-0.05, 0) is 0 Å². The van der Waals surface area contributed by atoms with Crippen molar-refractivity contribution in [1.29, 1.82) is 0 Å². The number of aliphatic carboxylic acids is 1. The third-order valence-corrected chi connectivity index (χ3v) is 2.48. The van der Waals surface area contributed by atoms with Crippen LogP contribution >= 0.6 is 0 Å². The highest BCUT2D eigenvalue weighted by Gasteiger charge is 2.24. The first kappa shape index (κ1) is 20.3. The van der Waals surface area contributed by atoms with Crippen molar-refractivity contribution in [3.8, 4) is 0 Å². The van der Waals surface area contributed by atoms with E-state index in [-0.39, 0.29) is 0 Å². The Kier molecular flexibility index (Phi) is 8.88. The molecule has 0 bridgehead atoms. The van der Waals surface area contributed by atoms with Gasteiger partial charge in [-0.1, -0.05) is 0 Å². The third kappa shape index (κ3) is 8.33. The van der Waals surface area contributed by atoms with Gasteiger partial charge in [0, 0.05) is 0 Å². The normalized spacial score (nSPS) is 12.6. The number of nitrogens with one attached hydrogen (secondary N) is 3. The van der Waals surface area contributed by atoms with Crippen LogP contribution in [-0.4, -0.2) is 71.6 Å². The Hall–Kier alpha value is -2.73. The number of hydrogen-bond donors (Lipinski definition) is 7. The lowest BCUT2D eigenvalue weighted by molar-refractivity contribution is -0.143. The summed E-state index contributed by atoms with van der Waals surface area (Å²) in [4.78, 5) is 55.9. The zero-order chi connectivity index (χ0) is 18.0. The molecule has 0 aliphatic carbocycles. The average molecular weight is 333 g/mol. The van der Waals surface area contributed by atoms with E-state index in [0.29, 0.717) is 0 Å². The number of carboxylic acids is 1. The molecule has 0 aromatic carbocycles. The number of carbonyl (C=O) groups excluding carboxylic acids is 4. The van der Waals surface area contributed by atoms with Crippen LogP contribution in [0.4, 0.5) is 0 Å². The van der Waals surface area contributed by atoms with Gasteiger partial charge in [-0.2, -0.15) is 0 Å². The van der Waals surface area contributed by atoms with Gasteiger partial charge in [-0.15, -0.1) is 0 Å². The first-order chi connectivity index (χ1) is 10.7. The zero-order valence-corrected chi connectivity index (χ0v) is 12.1. The van der Waals surface area contributed by atoms with Gasteiger partial charge in [0.05, 0.1) is 26.1 Å². The van der Waals surface area contributed by atoms with Crippen molar-refractivity contribution in [2.75, 3.05) is 19.7 Å². The van der Waals surface area contributed by atoms with Gasteiger partial charge in [0.15, 0.2) is 0 Å². The highest BCUT2D eigenvalue weighted by molar-refractivity contribution is 5.94. The van der Waals surface area contributed by atoms with Crippen molar-refractivity contribution in [1.82, 2.24) is 16.0 Å². The van der Waals surface area contributed by atoms with Crippen LogP contribution in [0.15, 0.2) is 0 Å². The lowest BCUT2D eigenvalue weighted by Gasteiger charge is -2.17. The van der Waals surface area contributed by atoms with Gasteiger partial charge < -0.3 is 37.6 Å². The molecule has 0 saturated heterocycles. The van der Waals surface area contributed by atoms with E-state index in [4.69, 9.17) is 21.7 Å². The second kappa shape index (κ2) is 10.1. The predicted octanol–water partition coefficient (Wildman–Crippen LogP) is -5.02. The van der Waals surface area contributed by atoms with E-state index in [2.05, 4.69) is 10.6 Å². The minimum atomic E-state index is -1.52. The molecule has 0 saturated carbocycles. The Morgan fingerprint density at radius 2 is 1.57 bits per heavy atom. The lowest BCUT2D eigenvalue weighted by Crippen LogP contribution is -2.53. The summed E-state index contributed by atoms with van der Waals surface area (Å²) >= 11 is 0. The Morgan fingerprint density at radius 3 is 2.00 bits per heavy atom. The molecule has 12 heteroatoms. The van der Waals surface area contributed by atoms with Gasteiger partial charge in [0.2, 0.25) is 23.6 Å². The number of aliphatic hydroxyl groups excluding tert-OH is 1. The van der Waals surface area contributed by atoms with E-state index in [0.717, 1.165) is 0 Å². The second-order valence-electron chi connectivity index (χ2n) is 4.35. The highest BCUT2D eigenvalue weighted by Crippen LogP contribution is 1.92. The summed E-state index contributed by atoms with van der Waals surface area (Å²) < 4.78 is 0. The Bertz CT molecular complexity index is 481. The molecule has 0 aromatic heterocycles. The maximum absolute atomic E-state index is 11.8. The molecule has 0 rings (SSSR count). The largest absolute Gasteiger partial charge is 0.480 e. The van der Waals surface area contributed by atoms with Crippen molar-refractivity contribution < 1.29 is 34.2 Å². The smallest absolute Gasteiger partial charge is 0.328 e. The zero-order valence-electron chi connectivity index (χ0n) is 12.1. The Labute approximate surface area is 130 Å². The number of rotatable bonds is 10. The second-order valence-corrected chi connectivity index (χ2v) is 4.35. The number of carbonyl (C=O) groups is 5. The summed E-state index contributed by atoms with van der Waals surface area (Å²) in [6.07, 6.45) is -0.506. The van der Waals surface area contributed by atoms with Crippen molar-refractivity contribution in [2.24, 2.45) is 11.5 Å². The predicted molar refractivity (Wildman–Crippen MR) is 74.5 cm³/mol. The summed E-state index contributed by atoms with van der Waals surface area (Å²) in [5, 5.41) is 23.6. The summed E-state index contributed by atoms with van der Waals surface area (Å²) in [7, 11) is 0. The molecule has 9 N–H and O–H groups in total. The molecule has 0 spiro atoms. The summed E-state index contributed by atoms with van der Waals surface area (Å²) in [5.74, 6) is -4.78. The molecule has 12 nitrogen and oxygen atoms in total. The van der Waals surface area contributed by atoms with Crippen LogP contribution < -0.4 is 27.4 Å². The van der Waals surface area contributed by atoms with Crippen LogP contribution in [-0.2, 0) is 24.0 Å². The van der Waals surface area contributed by atoms with Crippen LogP contribution in [0, 0.1) is 0 Å². The van der Waals surface area contributed by atoms with Crippen LogP contribution in [0.2, 0.25) is 0 Å². The SMILES string of the molecule is NCC(=O)NC(CC(N)=O)C(=O)NCC(=O)NC(CO)C(=O)O. The number of carboxylic acid groups (broad SMARTS) is 1. The minimum absolute atomic E-state index is 0.417.